The van der Waals surface area contributed by atoms with E-state index in [9.17, 15) is 0 Å². The van der Waals surface area contributed by atoms with Gasteiger partial charge < -0.3 is 0 Å². The van der Waals surface area contributed by atoms with Gasteiger partial charge in [0, 0.05) is 30.2 Å². The van der Waals surface area contributed by atoms with Crippen LogP contribution >= 0.6 is 11.6 Å². The van der Waals surface area contributed by atoms with E-state index < -0.39 is 0 Å². The van der Waals surface area contributed by atoms with E-state index in [1.807, 2.05) is 30.3 Å². The van der Waals surface area contributed by atoms with Crippen LogP contribution in [-0.2, 0) is 6.54 Å². The predicted molar refractivity (Wildman–Crippen MR) is 91.7 cm³/mol. The molecule has 1 saturated heterocycles. The first kappa shape index (κ1) is 14.7. The van der Waals surface area contributed by atoms with Crippen LogP contribution in [0.4, 0.5) is 0 Å². The molecular weight excluding hydrogens is 308 g/mol. The van der Waals surface area contributed by atoms with Crippen molar-refractivity contribution in [1.82, 2.24) is 19.5 Å². The quantitative estimate of drug-likeness (QED) is 0.734. The van der Waals surface area contributed by atoms with E-state index in [0.717, 1.165) is 36.1 Å². The summed E-state index contributed by atoms with van der Waals surface area (Å²) in [6.07, 6.45) is 4.41. The molecule has 23 heavy (non-hydrogen) atoms. The number of fused-ring (bicyclic) bond motifs is 1. The van der Waals surface area contributed by atoms with Gasteiger partial charge in [-0.2, -0.15) is 0 Å². The maximum Gasteiger partial charge on any atom is 0.160 e. The monoisotopic (exact) mass is 326 g/mol. The molecule has 0 amide bonds. The second-order valence-electron chi connectivity index (χ2n) is 6.19. The van der Waals surface area contributed by atoms with Crippen LogP contribution in [0, 0.1) is 0 Å². The molecule has 4 nitrogen and oxygen atoms in total. The Morgan fingerprint density at radius 1 is 1.13 bits per heavy atom. The lowest BCUT2D eigenvalue weighted by Crippen LogP contribution is -2.34. The number of rotatable bonds is 3. The molecule has 3 aromatic rings. The third-order valence-electron chi connectivity index (χ3n) is 4.51. The molecule has 0 aliphatic carbocycles. The van der Waals surface area contributed by atoms with Crippen LogP contribution in [0.2, 0.25) is 5.02 Å². The fraction of sp³-hybridized carbons (Fsp3) is 0.333. The summed E-state index contributed by atoms with van der Waals surface area (Å²) < 4.78 is 2.12. The third kappa shape index (κ3) is 3.09. The van der Waals surface area contributed by atoms with Gasteiger partial charge in [0.05, 0.1) is 0 Å². The zero-order valence-corrected chi connectivity index (χ0v) is 13.7. The van der Waals surface area contributed by atoms with Crippen molar-refractivity contribution in [2.75, 3.05) is 13.1 Å². The molecule has 0 radical (unpaired) electrons. The normalized spacial score (nSPS) is 19.3. The molecule has 1 aromatic carbocycles. The smallest absolute Gasteiger partial charge is 0.160 e. The fourth-order valence-corrected chi connectivity index (χ4v) is 3.65. The summed E-state index contributed by atoms with van der Waals surface area (Å²) in [6, 6.07) is 14.2. The highest BCUT2D eigenvalue weighted by atomic mass is 35.5. The van der Waals surface area contributed by atoms with Gasteiger partial charge in [0.2, 0.25) is 0 Å². The summed E-state index contributed by atoms with van der Waals surface area (Å²) >= 11 is 6.10. The first-order chi connectivity index (χ1) is 11.3. The first-order valence-electron chi connectivity index (χ1n) is 8.06. The van der Waals surface area contributed by atoms with E-state index in [0.29, 0.717) is 5.92 Å². The number of hydrogen-bond donors (Lipinski definition) is 0. The highest BCUT2D eigenvalue weighted by Gasteiger charge is 2.25. The van der Waals surface area contributed by atoms with Crippen LogP contribution < -0.4 is 0 Å². The lowest BCUT2D eigenvalue weighted by atomic mass is 9.96. The summed E-state index contributed by atoms with van der Waals surface area (Å²) in [5.41, 5.74) is 2.19. The number of nitrogens with zero attached hydrogens (tertiary/aromatic N) is 4. The van der Waals surface area contributed by atoms with Gasteiger partial charge in [0.1, 0.15) is 5.82 Å². The minimum atomic E-state index is 0.431. The Balaban J connectivity index is 1.53. The zero-order chi connectivity index (χ0) is 15.6. The molecule has 1 atom stereocenters. The van der Waals surface area contributed by atoms with Crippen LogP contribution in [0.15, 0.2) is 48.7 Å². The Hall–Kier alpha value is -1.91. The van der Waals surface area contributed by atoms with E-state index >= 15 is 0 Å². The van der Waals surface area contributed by atoms with Gasteiger partial charge in [-0.1, -0.05) is 29.8 Å². The topological polar surface area (TPSA) is 33.4 Å². The largest absolute Gasteiger partial charge is 0.298 e. The number of halogens is 1. The second kappa shape index (κ2) is 6.30. The Morgan fingerprint density at radius 3 is 3.00 bits per heavy atom. The number of benzene rings is 1. The van der Waals surface area contributed by atoms with Gasteiger partial charge in [0.25, 0.3) is 0 Å². The third-order valence-corrected chi connectivity index (χ3v) is 4.74. The van der Waals surface area contributed by atoms with E-state index in [1.54, 1.807) is 0 Å². The van der Waals surface area contributed by atoms with Crippen molar-refractivity contribution in [2.45, 2.75) is 25.3 Å². The molecule has 0 N–H and O–H groups in total. The number of hydrogen-bond acceptors (Lipinski definition) is 3. The highest BCUT2D eigenvalue weighted by molar-refractivity contribution is 6.30. The maximum absolute atomic E-state index is 6.10. The molecule has 0 saturated carbocycles. The molecule has 118 valence electrons. The molecule has 4 rings (SSSR count). The standard InChI is InChI=1S/C18H19ClN4/c19-16-7-3-5-14(11-16)12-22-9-4-6-15(13-22)18-21-20-17-8-1-2-10-23(17)18/h1-3,5,7-8,10-11,15H,4,6,9,12-13H2/t15-/m0/s1. The number of pyridine rings is 1. The molecule has 1 aliphatic rings. The Morgan fingerprint density at radius 2 is 2.09 bits per heavy atom. The van der Waals surface area contributed by atoms with E-state index in [1.165, 1.54) is 18.4 Å². The van der Waals surface area contributed by atoms with Crippen LogP contribution in [-0.4, -0.2) is 32.6 Å². The Kier molecular flexibility index (Phi) is 4.02. The van der Waals surface area contributed by atoms with Crippen LogP contribution in [0.1, 0.15) is 30.1 Å². The fourth-order valence-electron chi connectivity index (χ4n) is 3.44. The second-order valence-corrected chi connectivity index (χ2v) is 6.63. The van der Waals surface area contributed by atoms with Crippen LogP contribution in [0.25, 0.3) is 5.65 Å². The molecule has 5 heteroatoms. The predicted octanol–water partition coefficient (Wildman–Crippen LogP) is 3.76. The summed E-state index contributed by atoms with van der Waals surface area (Å²) in [7, 11) is 0. The van der Waals surface area contributed by atoms with Crippen molar-refractivity contribution in [2.24, 2.45) is 0 Å². The van der Waals surface area contributed by atoms with E-state index in [-0.39, 0.29) is 0 Å². The van der Waals surface area contributed by atoms with Crippen LogP contribution in [0.3, 0.4) is 0 Å². The van der Waals surface area contributed by atoms with Gasteiger partial charge in [-0.15, -0.1) is 10.2 Å². The van der Waals surface area contributed by atoms with Crippen molar-refractivity contribution in [1.29, 1.82) is 0 Å². The summed E-state index contributed by atoms with van der Waals surface area (Å²) in [6.45, 7) is 3.08. The summed E-state index contributed by atoms with van der Waals surface area (Å²) in [4.78, 5) is 2.49. The molecule has 3 heterocycles. The maximum atomic E-state index is 6.10. The van der Waals surface area contributed by atoms with Crippen molar-refractivity contribution in [3.8, 4) is 0 Å². The van der Waals surface area contributed by atoms with Crippen molar-refractivity contribution < 1.29 is 0 Å². The molecular formula is C18H19ClN4. The lowest BCUT2D eigenvalue weighted by molar-refractivity contribution is 0.196. The van der Waals surface area contributed by atoms with Gasteiger partial charge in [-0.25, -0.2) is 0 Å². The molecule has 0 unspecified atom stereocenters. The minimum absolute atomic E-state index is 0.431. The van der Waals surface area contributed by atoms with E-state index in [2.05, 4.69) is 37.8 Å². The van der Waals surface area contributed by atoms with Gasteiger partial charge in [-0.3, -0.25) is 9.30 Å². The molecule has 0 bridgehead atoms. The average molecular weight is 327 g/mol. The van der Waals surface area contributed by atoms with Gasteiger partial charge in [-0.05, 0) is 49.2 Å². The molecule has 0 spiro atoms. The number of piperidine rings is 1. The zero-order valence-electron chi connectivity index (χ0n) is 12.9. The lowest BCUT2D eigenvalue weighted by Gasteiger charge is -2.32. The van der Waals surface area contributed by atoms with Crippen molar-refractivity contribution in [3.05, 3.63) is 65.1 Å². The number of aromatic nitrogens is 3. The SMILES string of the molecule is Clc1cccc(CN2CCC[C@H](c3nnc4ccccn34)C2)c1. The van der Waals surface area contributed by atoms with Crippen molar-refractivity contribution in [3.63, 3.8) is 0 Å². The van der Waals surface area contributed by atoms with Crippen molar-refractivity contribution >= 4 is 17.2 Å². The average Bonchev–Trinajstić information content (AvgIpc) is 2.99. The molecule has 2 aromatic heterocycles. The Bertz CT molecular complexity index is 813. The first-order valence-corrected chi connectivity index (χ1v) is 8.44. The molecule has 1 aliphatic heterocycles. The minimum Gasteiger partial charge on any atom is -0.298 e. The summed E-state index contributed by atoms with van der Waals surface area (Å²) in [5, 5.41) is 9.54. The number of likely N-dealkylation sites (tertiary alicyclic amines) is 1. The van der Waals surface area contributed by atoms with Gasteiger partial charge in [0.15, 0.2) is 5.65 Å². The van der Waals surface area contributed by atoms with Crippen LogP contribution in [0.5, 0.6) is 0 Å². The Labute approximate surface area is 140 Å². The highest BCUT2D eigenvalue weighted by Crippen LogP contribution is 2.27. The molecule has 1 fully saturated rings. The van der Waals surface area contributed by atoms with Gasteiger partial charge >= 0.3 is 0 Å². The summed E-state index contributed by atoms with van der Waals surface area (Å²) in [5.74, 6) is 1.51. The van der Waals surface area contributed by atoms with E-state index in [4.69, 9.17) is 11.6 Å².